The highest BCUT2D eigenvalue weighted by Crippen LogP contribution is 2.16. The Morgan fingerprint density at radius 2 is 1.95 bits per heavy atom. The van der Waals surface area contributed by atoms with Crippen molar-refractivity contribution < 1.29 is 4.74 Å². The van der Waals surface area contributed by atoms with Gasteiger partial charge in [0.2, 0.25) is 0 Å². The Morgan fingerprint density at radius 3 is 2.63 bits per heavy atom. The molecule has 3 heteroatoms. The lowest BCUT2D eigenvalue weighted by Gasteiger charge is -2.28. The summed E-state index contributed by atoms with van der Waals surface area (Å²) >= 11 is 0. The van der Waals surface area contributed by atoms with Gasteiger partial charge in [-0.2, -0.15) is 0 Å². The number of nitrogens with one attached hydrogen (secondary N) is 1. The molecule has 0 amide bonds. The van der Waals surface area contributed by atoms with Gasteiger partial charge in [0.15, 0.2) is 0 Å². The number of rotatable bonds is 4. The van der Waals surface area contributed by atoms with Gasteiger partial charge in [-0.15, -0.1) is 0 Å². The lowest BCUT2D eigenvalue weighted by Crippen LogP contribution is -2.47. The van der Waals surface area contributed by atoms with Crippen molar-refractivity contribution in [3.8, 4) is 0 Å². The van der Waals surface area contributed by atoms with Crippen molar-refractivity contribution in [3.05, 3.63) is 34.4 Å². The summed E-state index contributed by atoms with van der Waals surface area (Å²) in [5.74, 6) is 0. The van der Waals surface area contributed by atoms with E-state index >= 15 is 0 Å². The Bertz CT molecular complexity index is 425. The monoisotopic (exact) mass is 262 g/mol. The van der Waals surface area contributed by atoms with Crippen molar-refractivity contribution in [2.75, 3.05) is 33.4 Å². The quantitative estimate of drug-likeness (QED) is 0.898. The molecule has 19 heavy (non-hydrogen) atoms. The molecule has 1 aromatic carbocycles. The Balaban J connectivity index is 1.94. The third-order valence-corrected chi connectivity index (χ3v) is 3.92. The molecule has 1 unspecified atom stereocenters. The average molecular weight is 262 g/mol. The van der Waals surface area contributed by atoms with Gasteiger partial charge in [0, 0.05) is 25.7 Å². The number of aryl methyl sites for hydroxylation is 3. The second kappa shape index (κ2) is 6.51. The first-order valence-electron chi connectivity index (χ1n) is 7.12. The van der Waals surface area contributed by atoms with Crippen molar-refractivity contribution in [2.45, 2.75) is 33.4 Å². The molecule has 1 N–H and O–H groups in total. The molecule has 1 atom stereocenters. The van der Waals surface area contributed by atoms with Gasteiger partial charge < -0.3 is 15.0 Å². The highest BCUT2D eigenvalue weighted by molar-refractivity contribution is 5.36. The summed E-state index contributed by atoms with van der Waals surface area (Å²) in [5.41, 5.74) is 5.59. The van der Waals surface area contributed by atoms with E-state index in [9.17, 15) is 0 Å². The summed E-state index contributed by atoms with van der Waals surface area (Å²) in [4.78, 5) is 2.38. The van der Waals surface area contributed by atoms with Crippen LogP contribution < -0.4 is 5.32 Å². The van der Waals surface area contributed by atoms with E-state index in [2.05, 4.69) is 50.2 Å². The maximum absolute atomic E-state index is 5.50. The molecule has 2 rings (SSSR count). The van der Waals surface area contributed by atoms with Crippen LogP contribution in [0.15, 0.2) is 12.1 Å². The fraction of sp³-hybridized carbons (Fsp3) is 0.625. The topological polar surface area (TPSA) is 24.5 Å². The Hall–Kier alpha value is -0.900. The third kappa shape index (κ3) is 4.03. The minimum atomic E-state index is 0.464. The van der Waals surface area contributed by atoms with E-state index in [0.717, 1.165) is 32.8 Å². The van der Waals surface area contributed by atoms with Gasteiger partial charge in [-0.25, -0.2) is 0 Å². The number of likely N-dealkylation sites (N-methyl/N-ethyl adjacent to an activating group) is 1. The standard InChI is InChI=1S/C16H26N2O/c1-12-7-14(3)15(8-13(12)2)9-18(4)10-16-11-19-6-5-17-16/h7-8,16-17H,5-6,9-11H2,1-4H3. The first kappa shape index (κ1) is 14.5. The second-order valence-electron chi connectivity index (χ2n) is 5.79. The predicted molar refractivity (Wildman–Crippen MR) is 79.6 cm³/mol. The van der Waals surface area contributed by atoms with Gasteiger partial charge >= 0.3 is 0 Å². The second-order valence-corrected chi connectivity index (χ2v) is 5.79. The zero-order valence-electron chi connectivity index (χ0n) is 12.6. The molecule has 0 saturated carbocycles. The van der Waals surface area contributed by atoms with E-state index in [4.69, 9.17) is 4.74 Å². The molecule has 0 radical (unpaired) electrons. The smallest absolute Gasteiger partial charge is 0.0632 e. The number of morpholine rings is 1. The normalized spacial score (nSPS) is 19.9. The molecule has 3 nitrogen and oxygen atoms in total. The van der Waals surface area contributed by atoms with Crippen molar-refractivity contribution in [1.82, 2.24) is 10.2 Å². The van der Waals surface area contributed by atoms with Crippen molar-refractivity contribution in [2.24, 2.45) is 0 Å². The lowest BCUT2D eigenvalue weighted by molar-refractivity contribution is 0.0645. The van der Waals surface area contributed by atoms with Gasteiger partial charge in [-0.3, -0.25) is 0 Å². The third-order valence-electron chi connectivity index (χ3n) is 3.92. The molecule has 0 aromatic heterocycles. The van der Waals surface area contributed by atoms with Gasteiger partial charge in [-0.05, 0) is 50.1 Å². The molecule has 0 spiro atoms. The van der Waals surface area contributed by atoms with E-state index in [-0.39, 0.29) is 0 Å². The predicted octanol–water partition coefficient (Wildman–Crippen LogP) is 2.03. The maximum atomic E-state index is 5.50. The lowest BCUT2D eigenvalue weighted by atomic mass is 10.0. The van der Waals surface area contributed by atoms with Crippen LogP contribution in [0.5, 0.6) is 0 Å². The van der Waals surface area contributed by atoms with Crippen LogP contribution in [-0.4, -0.2) is 44.3 Å². The van der Waals surface area contributed by atoms with Crippen LogP contribution in [0.2, 0.25) is 0 Å². The molecule has 1 aliphatic heterocycles. The molecule has 0 aliphatic carbocycles. The number of hydrogen-bond acceptors (Lipinski definition) is 3. The van der Waals surface area contributed by atoms with Crippen LogP contribution in [0.25, 0.3) is 0 Å². The van der Waals surface area contributed by atoms with Gasteiger partial charge in [0.25, 0.3) is 0 Å². The summed E-state index contributed by atoms with van der Waals surface area (Å²) in [6.07, 6.45) is 0. The van der Waals surface area contributed by atoms with Gasteiger partial charge in [0.05, 0.1) is 13.2 Å². The maximum Gasteiger partial charge on any atom is 0.0632 e. The van der Waals surface area contributed by atoms with Gasteiger partial charge in [0.1, 0.15) is 0 Å². The van der Waals surface area contributed by atoms with Crippen LogP contribution >= 0.6 is 0 Å². The Morgan fingerprint density at radius 1 is 1.21 bits per heavy atom. The molecule has 1 fully saturated rings. The van der Waals surface area contributed by atoms with Gasteiger partial charge in [-0.1, -0.05) is 12.1 Å². The molecule has 1 aliphatic rings. The summed E-state index contributed by atoms with van der Waals surface area (Å²) in [6, 6.07) is 5.08. The zero-order valence-corrected chi connectivity index (χ0v) is 12.6. The van der Waals surface area contributed by atoms with Crippen molar-refractivity contribution >= 4 is 0 Å². The number of nitrogens with zero attached hydrogens (tertiary/aromatic N) is 1. The summed E-state index contributed by atoms with van der Waals surface area (Å²) < 4.78 is 5.50. The number of hydrogen-bond donors (Lipinski definition) is 1. The fourth-order valence-electron chi connectivity index (χ4n) is 2.66. The van der Waals surface area contributed by atoms with Crippen molar-refractivity contribution in [1.29, 1.82) is 0 Å². The highest BCUT2D eigenvalue weighted by atomic mass is 16.5. The summed E-state index contributed by atoms with van der Waals surface area (Å²) in [6.45, 7) is 11.3. The summed E-state index contributed by atoms with van der Waals surface area (Å²) in [5, 5.41) is 3.50. The van der Waals surface area contributed by atoms with Crippen LogP contribution in [0.3, 0.4) is 0 Å². The molecular weight excluding hydrogens is 236 g/mol. The first-order chi connectivity index (χ1) is 9.06. The fourth-order valence-corrected chi connectivity index (χ4v) is 2.66. The highest BCUT2D eigenvalue weighted by Gasteiger charge is 2.15. The summed E-state index contributed by atoms with van der Waals surface area (Å²) in [7, 11) is 2.19. The first-order valence-corrected chi connectivity index (χ1v) is 7.12. The molecule has 1 aromatic rings. The molecule has 106 valence electrons. The zero-order chi connectivity index (χ0) is 13.8. The molecule has 1 heterocycles. The van der Waals surface area contributed by atoms with Crippen LogP contribution in [-0.2, 0) is 11.3 Å². The Kier molecular flexibility index (Phi) is 4.97. The van der Waals surface area contributed by atoms with Crippen LogP contribution in [0.1, 0.15) is 22.3 Å². The van der Waals surface area contributed by atoms with E-state index < -0.39 is 0 Å². The number of ether oxygens (including phenoxy) is 1. The van der Waals surface area contributed by atoms with Crippen molar-refractivity contribution in [3.63, 3.8) is 0 Å². The SMILES string of the molecule is Cc1cc(C)c(CN(C)CC2COCCN2)cc1C. The Labute approximate surface area is 116 Å². The van der Waals surface area contributed by atoms with E-state index in [1.54, 1.807) is 0 Å². The van der Waals surface area contributed by atoms with E-state index in [1.165, 1.54) is 22.3 Å². The van der Waals surface area contributed by atoms with E-state index in [0.29, 0.717) is 6.04 Å². The molecule has 1 saturated heterocycles. The van der Waals surface area contributed by atoms with E-state index in [1.807, 2.05) is 0 Å². The molecule has 0 bridgehead atoms. The largest absolute Gasteiger partial charge is 0.378 e. The minimum Gasteiger partial charge on any atom is -0.378 e. The average Bonchev–Trinajstić information content (AvgIpc) is 2.37. The number of benzene rings is 1. The molecular formula is C16H26N2O. The van der Waals surface area contributed by atoms with Crippen LogP contribution in [0.4, 0.5) is 0 Å². The minimum absolute atomic E-state index is 0.464. The van der Waals surface area contributed by atoms with Crippen LogP contribution in [0, 0.1) is 20.8 Å².